The largest absolute Gasteiger partial charge is 0.480 e. The monoisotopic (exact) mass is 294 g/mol. The summed E-state index contributed by atoms with van der Waals surface area (Å²) in [6.45, 7) is 1.50. The van der Waals surface area contributed by atoms with Crippen LogP contribution in [0.2, 0.25) is 0 Å². The summed E-state index contributed by atoms with van der Waals surface area (Å²) in [5.41, 5.74) is 6.76. The van der Waals surface area contributed by atoms with E-state index in [-0.39, 0.29) is 12.5 Å². The Morgan fingerprint density at radius 1 is 1.45 bits per heavy atom. The van der Waals surface area contributed by atoms with Crippen molar-refractivity contribution in [2.75, 3.05) is 22.9 Å². The molecular formula is C14H18N2O3S. The molecule has 1 atom stereocenters. The van der Waals surface area contributed by atoms with E-state index in [1.807, 2.05) is 6.92 Å². The Labute approximate surface area is 122 Å². The van der Waals surface area contributed by atoms with E-state index in [0.29, 0.717) is 11.4 Å². The van der Waals surface area contributed by atoms with Crippen LogP contribution in [0.4, 0.5) is 11.4 Å². The lowest BCUT2D eigenvalue weighted by Crippen LogP contribution is -2.46. The summed E-state index contributed by atoms with van der Waals surface area (Å²) in [6, 6.07) is 6.85. The average Bonchev–Trinajstić information content (AvgIpc) is 2.84. The van der Waals surface area contributed by atoms with Crippen molar-refractivity contribution in [3.8, 4) is 0 Å². The standard InChI is InChI=1S/C14H18N2O3S/c1-14(7-4-8-20-14)13(19)16(9-12(17)18)11-6-3-2-5-10(11)15/h2-3,5-6H,4,7-9,15H2,1H3,(H,17,18). The van der Waals surface area contributed by atoms with Gasteiger partial charge in [0.2, 0.25) is 5.91 Å². The van der Waals surface area contributed by atoms with Crippen molar-refractivity contribution in [3.05, 3.63) is 24.3 Å². The minimum atomic E-state index is -1.05. The maximum atomic E-state index is 12.7. The summed E-state index contributed by atoms with van der Waals surface area (Å²) < 4.78 is -0.558. The molecular weight excluding hydrogens is 276 g/mol. The van der Waals surface area contributed by atoms with Gasteiger partial charge in [-0.15, -0.1) is 11.8 Å². The maximum absolute atomic E-state index is 12.7. The van der Waals surface area contributed by atoms with Crippen LogP contribution in [0.5, 0.6) is 0 Å². The quantitative estimate of drug-likeness (QED) is 0.829. The Morgan fingerprint density at radius 2 is 2.15 bits per heavy atom. The number of anilines is 2. The van der Waals surface area contributed by atoms with Gasteiger partial charge in [0.1, 0.15) is 6.54 Å². The number of carbonyl (C=O) groups excluding carboxylic acids is 1. The topological polar surface area (TPSA) is 83.6 Å². The lowest BCUT2D eigenvalue weighted by molar-refractivity contribution is -0.136. The number of hydrogen-bond donors (Lipinski definition) is 2. The zero-order valence-electron chi connectivity index (χ0n) is 11.3. The van der Waals surface area contributed by atoms with E-state index < -0.39 is 10.7 Å². The van der Waals surface area contributed by atoms with Crippen molar-refractivity contribution in [1.29, 1.82) is 0 Å². The summed E-state index contributed by atoms with van der Waals surface area (Å²) >= 11 is 1.58. The van der Waals surface area contributed by atoms with Crippen molar-refractivity contribution < 1.29 is 14.7 Å². The van der Waals surface area contributed by atoms with Crippen molar-refractivity contribution in [3.63, 3.8) is 0 Å². The van der Waals surface area contributed by atoms with Crippen molar-refractivity contribution in [2.24, 2.45) is 0 Å². The predicted molar refractivity (Wildman–Crippen MR) is 80.9 cm³/mol. The Bertz CT molecular complexity index is 527. The number of carboxylic acid groups (broad SMARTS) is 1. The number of hydrogen-bond acceptors (Lipinski definition) is 4. The molecule has 1 aliphatic rings. The third-order valence-electron chi connectivity index (χ3n) is 3.44. The number of rotatable bonds is 4. The molecule has 1 aromatic rings. The fourth-order valence-corrected chi connectivity index (χ4v) is 3.63. The lowest BCUT2D eigenvalue weighted by Gasteiger charge is -2.30. The molecule has 0 bridgehead atoms. The van der Waals surface area contributed by atoms with E-state index in [1.54, 1.807) is 36.0 Å². The first-order valence-electron chi connectivity index (χ1n) is 6.46. The third kappa shape index (κ3) is 2.90. The molecule has 20 heavy (non-hydrogen) atoms. The van der Waals surface area contributed by atoms with E-state index in [4.69, 9.17) is 10.8 Å². The Balaban J connectivity index is 2.35. The third-order valence-corrected chi connectivity index (χ3v) is 4.95. The molecule has 1 fully saturated rings. The lowest BCUT2D eigenvalue weighted by atomic mass is 10.0. The van der Waals surface area contributed by atoms with Gasteiger partial charge in [-0.05, 0) is 37.7 Å². The number of para-hydroxylation sites is 2. The summed E-state index contributed by atoms with van der Waals surface area (Å²) in [7, 11) is 0. The van der Waals surface area contributed by atoms with Gasteiger partial charge in [0.05, 0.1) is 16.1 Å². The molecule has 108 valence electrons. The van der Waals surface area contributed by atoms with Crippen LogP contribution in [0.3, 0.4) is 0 Å². The highest BCUT2D eigenvalue weighted by molar-refractivity contribution is 8.01. The number of benzene rings is 1. The van der Waals surface area contributed by atoms with Crippen LogP contribution in [0, 0.1) is 0 Å². The average molecular weight is 294 g/mol. The van der Waals surface area contributed by atoms with Crippen LogP contribution in [-0.2, 0) is 9.59 Å². The number of nitrogens with two attached hydrogens (primary N) is 1. The highest BCUT2D eigenvalue weighted by atomic mass is 32.2. The Hall–Kier alpha value is -1.69. The molecule has 1 amide bonds. The SMILES string of the molecule is CC1(C(=O)N(CC(=O)O)c2ccccc2N)CCCS1. The predicted octanol–water partition coefficient (Wildman–Crippen LogP) is 1.97. The van der Waals surface area contributed by atoms with Gasteiger partial charge in [-0.25, -0.2) is 0 Å². The number of thioether (sulfide) groups is 1. The van der Waals surface area contributed by atoms with Crippen LogP contribution < -0.4 is 10.6 Å². The van der Waals surface area contributed by atoms with Gasteiger partial charge in [0, 0.05) is 0 Å². The van der Waals surface area contributed by atoms with Crippen molar-refractivity contribution >= 4 is 35.0 Å². The minimum Gasteiger partial charge on any atom is -0.480 e. The number of carbonyl (C=O) groups is 2. The fourth-order valence-electron chi connectivity index (χ4n) is 2.37. The molecule has 1 aliphatic heterocycles. The highest BCUT2D eigenvalue weighted by Gasteiger charge is 2.41. The number of carboxylic acids is 1. The first-order chi connectivity index (χ1) is 9.44. The molecule has 6 heteroatoms. The van der Waals surface area contributed by atoms with Gasteiger partial charge in [0.15, 0.2) is 0 Å². The van der Waals surface area contributed by atoms with E-state index >= 15 is 0 Å². The van der Waals surface area contributed by atoms with Crippen LogP contribution in [0.25, 0.3) is 0 Å². The number of nitrogen functional groups attached to an aromatic ring is 1. The molecule has 1 heterocycles. The zero-order chi connectivity index (χ0) is 14.8. The van der Waals surface area contributed by atoms with Gasteiger partial charge in [0.25, 0.3) is 0 Å². The van der Waals surface area contributed by atoms with Crippen LogP contribution in [0.15, 0.2) is 24.3 Å². The van der Waals surface area contributed by atoms with Crippen LogP contribution in [-0.4, -0.2) is 34.0 Å². The van der Waals surface area contributed by atoms with Gasteiger partial charge < -0.3 is 10.8 Å². The van der Waals surface area contributed by atoms with E-state index in [1.165, 1.54) is 4.90 Å². The van der Waals surface area contributed by atoms with E-state index in [0.717, 1.165) is 18.6 Å². The normalized spacial score (nSPS) is 21.6. The first-order valence-corrected chi connectivity index (χ1v) is 7.45. The molecule has 0 spiro atoms. The molecule has 1 saturated heterocycles. The second-order valence-corrected chi connectivity index (χ2v) is 6.62. The van der Waals surface area contributed by atoms with Crippen molar-refractivity contribution in [2.45, 2.75) is 24.5 Å². The molecule has 3 N–H and O–H groups in total. The first kappa shape index (κ1) is 14.7. The van der Waals surface area contributed by atoms with Crippen molar-refractivity contribution in [1.82, 2.24) is 0 Å². The summed E-state index contributed by atoms with van der Waals surface area (Å²) in [6.07, 6.45) is 1.73. The van der Waals surface area contributed by atoms with Crippen LogP contribution >= 0.6 is 11.8 Å². The molecule has 1 aromatic carbocycles. The molecule has 0 aliphatic carbocycles. The highest BCUT2D eigenvalue weighted by Crippen LogP contribution is 2.40. The van der Waals surface area contributed by atoms with Gasteiger partial charge in [-0.2, -0.15) is 0 Å². The smallest absolute Gasteiger partial charge is 0.323 e. The second-order valence-electron chi connectivity index (χ2n) is 5.03. The number of aliphatic carboxylic acids is 1. The minimum absolute atomic E-state index is 0.180. The molecule has 0 saturated carbocycles. The summed E-state index contributed by atoms with van der Waals surface area (Å²) in [5.74, 6) is -0.304. The second kappa shape index (κ2) is 5.75. The van der Waals surface area contributed by atoms with Gasteiger partial charge >= 0.3 is 5.97 Å². The Kier molecular flexibility index (Phi) is 4.23. The molecule has 1 unspecified atom stereocenters. The number of nitrogens with zero attached hydrogens (tertiary/aromatic N) is 1. The molecule has 0 aromatic heterocycles. The number of amides is 1. The molecule has 2 rings (SSSR count). The van der Waals surface area contributed by atoms with Crippen LogP contribution in [0.1, 0.15) is 19.8 Å². The fraction of sp³-hybridized carbons (Fsp3) is 0.429. The summed E-state index contributed by atoms with van der Waals surface area (Å²) in [4.78, 5) is 25.1. The maximum Gasteiger partial charge on any atom is 0.323 e. The van der Waals surface area contributed by atoms with E-state index in [2.05, 4.69) is 0 Å². The van der Waals surface area contributed by atoms with E-state index in [9.17, 15) is 9.59 Å². The molecule has 5 nitrogen and oxygen atoms in total. The zero-order valence-corrected chi connectivity index (χ0v) is 12.2. The van der Waals surface area contributed by atoms with Gasteiger partial charge in [-0.1, -0.05) is 12.1 Å². The summed E-state index contributed by atoms with van der Waals surface area (Å²) in [5, 5.41) is 9.07. The molecule has 0 radical (unpaired) electrons. The van der Waals surface area contributed by atoms with Gasteiger partial charge in [-0.3, -0.25) is 14.5 Å². The Morgan fingerprint density at radius 3 is 2.70 bits per heavy atom.